The number of nitrogens with one attached hydrogen (secondary N) is 1. The molecule has 0 bridgehead atoms. The Morgan fingerprint density at radius 3 is 3.00 bits per heavy atom. The summed E-state index contributed by atoms with van der Waals surface area (Å²) in [7, 11) is 0. The fourth-order valence-electron chi connectivity index (χ4n) is 2.14. The Hall–Kier alpha value is -1.50. The molecule has 1 heterocycles. The van der Waals surface area contributed by atoms with E-state index in [2.05, 4.69) is 10.3 Å². The molecule has 0 saturated heterocycles. The van der Waals surface area contributed by atoms with Gasteiger partial charge in [-0.05, 0) is 19.3 Å². The van der Waals surface area contributed by atoms with Gasteiger partial charge in [-0.25, -0.2) is 4.98 Å². The quantitative estimate of drug-likeness (QED) is 0.648. The van der Waals surface area contributed by atoms with E-state index in [4.69, 9.17) is 0 Å². The number of carbonyl (C=O) groups is 1. The van der Waals surface area contributed by atoms with Crippen molar-refractivity contribution in [2.24, 2.45) is 5.92 Å². The number of hydrogen-bond acceptors (Lipinski definition) is 5. The summed E-state index contributed by atoms with van der Waals surface area (Å²) in [5.41, 5.74) is 1.08. The van der Waals surface area contributed by atoms with Crippen molar-refractivity contribution in [3.05, 3.63) is 20.7 Å². The van der Waals surface area contributed by atoms with Gasteiger partial charge in [0.05, 0.1) is 5.69 Å². The molecule has 1 saturated carbocycles. The summed E-state index contributed by atoms with van der Waals surface area (Å²) in [6.07, 6.45) is 3.49. The largest absolute Gasteiger partial charge is 0.301 e. The summed E-state index contributed by atoms with van der Waals surface area (Å²) in [5.74, 6) is -0.733. The van der Waals surface area contributed by atoms with E-state index in [0.29, 0.717) is 11.6 Å². The highest BCUT2D eigenvalue weighted by Crippen LogP contribution is 2.35. The Labute approximate surface area is 101 Å². The lowest BCUT2D eigenvalue weighted by molar-refractivity contribution is -0.497. The number of carbonyl (C=O) groups excluding carboxylic acids is 1. The van der Waals surface area contributed by atoms with Crippen LogP contribution >= 0.6 is 11.3 Å². The second kappa shape index (κ2) is 3.76. The van der Waals surface area contributed by atoms with Crippen LogP contribution in [0.4, 0.5) is 5.13 Å². The van der Waals surface area contributed by atoms with Crippen LogP contribution in [-0.2, 0) is 17.6 Å². The molecule has 2 aliphatic rings. The van der Waals surface area contributed by atoms with E-state index in [1.807, 2.05) is 0 Å². The molecule has 2 aliphatic carbocycles. The monoisotopic (exact) mass is 253 g/mol. The molecule has 1 N–H and O–H groups in total. The highest BCUT2D eigenvalue weighted by Gasteiger charge is 2.53. The third kappa shape index (κ3) is 1.90. The number of nitro groups is 1. The first-order valence-electron chi connectivity index (χ1n) is 5.58. The van der Waals surface area contributed by atoms with Gasteiger partial charge >= 0.3 is 0 Å². The van der Waals surface area contributed by atoms with Crippen molar-refractivity contribution in [3.63, 3.8) is 0 Å². The molecule has 0 aromatic carbocycles. The number of rotatable bonds is 3. The lowest BCUT2D eigenvalue weighted by Crippen LogP contribution is -2.18. The minimum Gasteiger partial charge on any atom is -0.301 e. The van der Waals surface area contributed by atoms with Crippen molar-refractivity contribution >= 4 is 22.4 Å². The number of aryl methyl sites for hydroxylation is 2. The second-order valence-electron chi connectivity index (χ2n) is 4.43. The van der Waals surface area contributed by atoms with Crippen molar-refractivity contribution in [2.75, 3.05) is 5.32 Å². The molecule has 2 atom stereocenters. The van der Waals surface area contributed by atoms with Crippen molar-refractivity contribution in [1.29, 1.82) is 0 Å². The van der Waals surface area contributed by atoms with Crippen LogP contribution in [0.2, 0.25) is 0 Å². The lowest BCUT2D eigenvalue weighted by Gasteiger charge is -1.98. The summed E-state index contributed by atoms with van der Waals surface area (Å²) in [5, 5.41) is 13.7. The van der Waals surface area contributed by atoms with Crippen LogP contribution in [0.15, 0.2) is 0 Å². The van der Waals surface area contributed by atoms with Crippen LogP contribution in [0, 0.1) is 16.0 Å². The maximum atomic E-state index is 11.7. The van der Waals surface area contributed by atoms with E-state index in [0.717, 1.165) is 25.0 Å². The number of nitrogens with zero attached hydrogens (tertiary/aromatic N) is 2. The zero-order valence-corrected chi connectivity index (χ0v) is 9.83. The molecule has 0 spiro atoms. The number of hydrogen-bond donors (Lipinski definition) is 1. The minimum absolute atomic E-state index is 0.265. The van der Waals surface area contributed by atoms with Crippen molar-refractivity contribution < 1.29 is 9.72 Å². The molecule has 0 radical (unpaired) electrons. The molecule has 7 heteroatoms. The normalized spacial score (nSPS) is 25.4. The van der Waals surface area contributed by atoms with E-state index in [9.17, 15) is 14.9 Å². The zero-order valence-electron chi connectivity index (χ0n) is 9.01. The first-order valence-corrected chi connectivity index (χ1v) is 6.40. The average molecular weight is 253 g/mol. The van der Waals surface area contributed by atoms with E-state index in [1.165, 1.54) is 16.2 Å². The van der Waals surface area contributed by atoms with Gasteiger partial charge in [0.1, 0.15) is 5.92 Å². The predicted molar refractivity (Wildman–Crippen MR) is 61.7 cm³/mol. The number of fused-ring (bicyclic) bond motifs is 1. The Morgan fingerprint density at radius 1 is 1.53 bits per heavy atom. The highest BCUT2D eigenvalue weighted by molar-refractivity contribution is 7.15. The molecule has 1 aromatic heterocycles. The van der Waals surface area contributed by atoms with Crippen LogP contribution < -0.4 is 5.32 Å². The summed E-state index contributed by atoms with van der Waals surface area (Å²) < 4.78 is 0. The van der Waals surface area contributed by atoms with Crippen LogP contribution in [0.1, 0.15) is 23.4 Å². The number of amides is 1. The van der Waals surface area contributed by atoms with E-state index in [1.54, 1.807) is 0 Å². The van der Waals surface area contributed by atoms with Crippen molar-refractivity contribution in [2.45, 2.75) is 31.7 Å². The molecule has 2 unspecified atom stereocenters. The van der Waals surface area contributed by atoms with Crippen molar-refractivity contribution in [3.8, 4) is 0 Å². The molecule has 1 fully saturated rings. The van der Waals surface area contributed by atoms with Crippen LogP contribution in [-0.4, -0.2) is 21.9 Å². The number of anilines is 1. The molecular weight excluding hydrogens is 242 g/mol. The smallest absolute Gasteiger partial charge is 0.236 e. The highest BCUT2D eigenvalue weighted by atomic mass is 32.1. The van der Waals surface area contributed by atoms with Crippen LogP contribution in [0.3, 0.4) is 0 Å². The van der Waals surface area contributed by atoms with E-state index < -0.39 is 12.0 Å². The Balaban J connectivity index is 1.63. The van der Waals surface area contributed by atoms with Gasteiger partial charge in [-0.3, -0.25) is 14.9 Å². The first-order chi connectivity index (χ1) is 8.15. The Morgan fingerprint density at radius 2 is 2.35 bits per heavy atom. The molecule has 6 nitrogen and oxygen atoms in total. The van der Waals surface area contributed by atoms with Crippen molar-refractivity contribution in [1.82, 2.24) is 4.98 Å². The third-order valence-corrected chi connectivity index (χ3v) is 4.26. The third-order valence-electron chi connectivity index (χ3n) is 3.19. The van der Waals surface area contributed by atoms with E-state index in [-0.39, 0.29) is 10.8 Å². The molecular formula is C10H11N3O3S. The lowest BCUT2D eigenvalue weighted by atomic mass is 10.4. The predicted octanol–water partition coefficient (Wildman–Crippen LogP) is 1.24. The summed E-state index contributed by atoms with van der Waals surface area (Å²) in [6, 6.07) is -0.693. The van der Waals surface area contributed by atoms with Gasteiger partial charge < -0.3 is 5.32 Å². The maximum Gasteiger partial charge on any atom is 0.236 e. The van der Waals surface area contributed by atoms with Crippen LogP contribution in [0.25, 0.3) is 0 Å². The second-order valence-corrected chi connectivity index (χ2v) is 5.51. The summed E-state index contributed by atoms with van der Waals surface area (Å²) in [4.78, 5) is 27.3. The van der Waals surface area contributed by atoms with Gasteiger partial charge in [0.25, 0.3) is 0 Å². The fraction of sp³-hybridized carbons (Fsp3) is 0.600. The Bertz CT molecular complexity index is 477. The van der Waals surface area contributed by atoms with Gasteiger partial charge in [0.2, 0.25) is 11.9 Å². The SMILES string of the molecule is O=C(Nc1nc2c(s1)CCC2)C1CC1[N+](=O)[O-]. The van der Waals surface area contributed by atoms with Gasteiger partial charge in [-0.1, -0.05) is 0 Å². The summed E-state index contributed by atoms with van der Waals surface area (Å²) >= 11 is 1.49. The topological polar surface area (TPSA) is 85.1 Å². The average Bonchev–Trinajstić information content (AvgIpc) is 2.83. The number of thiazole rings is 1. The standard InChI is InChI=1S/C10H11N3O3S/c14-9(5-4-7(5)13(15)16)12-10-11-6-2-1-3-8(6)17-10/h5,7H,1-4H2,(H,11,12,14). The molecule has 1 aromatic rings. The summed E-state index contributed by atoms with van der Waals surface area (Å²) in [6.45, 7) is 0. The van der Waals surface area contributed by atoms with Gasteiger partial charge in [0, 0.05) is 16.2 Å². The van der Waals surface area contributed by atoms with Gasteiger partial charge in [-0.15, -0.1) is 11.3 Å². The Kier molecular flexibility index (Phi) is 2.36. The van der Waals surface area contributed by atoms with Gasteiger partial charge in [-0.2, -0.15) is 0 Å². The molecule has 0 aliphatic heterocycles. The zero-order chi connectivity index (χ0) is 12.0. The van der Waals surface area contributed by atoms with E-state index >= 15 is 0 Å². The maximum absolute atomic E-state index is 11.7. The number of aromatic nitrogens is 1. The van der Waals surface area contributed by atoms with Crippen LogP contribution in [0.5, 0.6) is 0 Å². The minimum atomic E-state index is -0.693. The molecule has 17 heavy (non-hydrogen) atoms. The van der Waals surface area contributed by atoms with Gasteiger partial charge in [0.15, 0.2) is 5.13 Å². The molecule has 90 valence electrons. The molecule has 3 rings (SSSR count). The fourth-order valence-corrected chi connectivity index (χ4v) is 3.19. The first kappa shape index (κ1) is 10.6. The molecule has 1 amide bonds.